The van der Waals surface area contributed by atoms with Crippen LogP contribution in [0.4, 0.5) is 0 Å². The van der Waals surface area contributed by atoms with E-state index in [1.807, 2.05) is 0 Å². The fourth-order valence-corrected chi connectivity index (χ4v) is 3.29. The first-order chi connectivity index (χ1) is 8.90. The first-order valence-electron chi connectivity index (χ1n) is 5.56. The van der Waals surface area contributed by atoms with Crippen molar-refractivity contribution in [3.63, 3.8) is 0 Å². The van der Waals surface area contributed by atoms with Crippen molar-refractivity contribution in [1.82, 2.24) is 24.1 Å². The highest BCUT2D eigenvalue weighted by molar-refractivity contribution is 7.89. The minimum atomic E-state index is -3.73. The lowest BCUT2D eigenvalue weighted by Crippen LogP contribution is -2.36. The summed E-state index contributed by atoms with van der Waals surface area (Å²) in [5.41, 5.74) is 0. The van der Waals surface area contributed by atoms with Gasteiger partial charge >= 0.3 is 0 Å². The van der Waals surface area contributed by atoms with E-state index >= 15 is 0 Å². The van der Waals surface area contributed by atoms with Crippen molar-refractivity contribution >= 4 is 21.6 Å². The Morgan fingerprint density at radius 3 is 2.79 bits per heavy atom. The van der Waals surface area contributed by atoms with Crippen molar-refractivity contribution in [1.29, 1.82) is 0 Å². The van der Waals surface area contributed by atoms with Crippen LogP contribution in [0.2, 0.25) is 5.15 Å². The van der Waals surface area contributed by atoms with Gasteiger partial charge < -0.3 is 4.57 Å². The number of hydrogen-bond donors (Lipinski definition) is 1. The average Bonchev–Trinajstić information content (AvgIpc) is 2.90. The van der Waals surface area contributed by atoms with Crippen molar-refractivity contribution < 1.29 is 8.42 Å². The predicted octanol–water partition coefficient (Wildman–Crippen LogP) is 0.637. The number of aromatic nitrogens is 4. The highest BCUT2D eigenvalue weighted by Gasteiger charge is 2.24. The van der Waals surface area contributed by atoms with Crippen LogP contribution >= 0.6 is 11.6 Å². The van der Waals surface area contributed by atoms with Gasteiger partial charge in [0.15, 0.2) is 0 Å². The molecule has 19 heavy (non-hydrogen) atoms. The monoisotopic (exact) mass is 303 g/mol. The van der Waals surface area contributed by atoms with E-state index in [0.717, 1.165) is 0 Å². The van der Waals surface area contributed by atoms with Crippen LogP contribution < -0.4 is 4.72 Å². The van der Waals surface area contributed by atoms with E-state index in [-0.39, 0.29) is 16.2 Å². The van der Waals surface area contributed by atoms with E-state index in [4.69, 9.17) is 11.6 Å². The molecule has 0 fully saturated rings. The van der Waals surface area contributed by atoms with Crippen molar-refractivity contribution in [3.8, 4) is 0 Å². The molecule has 2 aromatic heterocycles. The van der Waals surface area contributed by atoms with Crippen molar-refractivity contribution in [2.75, 3.05) is 0 Å². The van der Waals surface area contributed by atoms with Crippen LogP contribution in [-0.2, 0) is 23.6 Å². The summed E-state index contributed by atoms with van der Waals surface area (Å²) in [7, 11) is -2.10. The van der Waals surface area contributed by atoms with E-state index < -0.39 is 10.0 Å². The molecule has 2 heterocycles. The lowest BCUT2D eigenvalue weighted by molar-refractivity contribution is 0.493. The summed E-state index contributed by atoms with van der Waals surface area (Å²) in [6, 6.07) is 1.44. The molecule has 2 aromatic rings. The Morgan fingerprint density at radius 2 is 2.26 bits per heavy atom. The number of aryl methyl sites for hydroxylation is 1. The summed E-state index contributed by atoms with van der Waals surface area (Å²) in [5.74, 6) is 0. The molecule has 9 heteroatoms. The fourth-order valence-electron chi connectivity index (χ4n) is 1.62. The molecule has 0 spiro atoms. The number of nitrogens with zero attached hydrogens (tertiary/aromatic N) is 4. The van der Waals surface area contributed by atoms with Gasteiger partial charge in [0.1, 0.15) is 5.15 Å². The van der Waals surface area contributed by atoms with Crippen LogP contribution in [0, 0.1) is 0 Å². The van der Waals surface area contributed by atoms with Gasteiger partial charge in [0.25, 0.3) is 10.0 Å². The molecule has 0 aliphatic heterocycles. The number of imidazole rings is 1. The molecule has 104 valence electrons. The highest BCUT2D eigenvalue weighted by Crippen LogP contribution is 2.18. The second kappa shape index (κ2) is 5.32. The molecule has 0 aromatic carbocycles. The molecule has 1 atom stereocenters. The summed E-state index contributed by atoms with van der Waals surface area (Å²) >= 11 is 5.88. The minimum Gasteiger partial charge on any atom is -0.324 e. The number of sulfonamides is 1. The second-order valence-electron chi connectivity index (χ2n) is 4.20. The lowest BCUT2D eigenvalue weighted by atomic mass is 10.4. The van der Waals surface area contributed by atoms with E-state index in [2.05, 4.69) is 14.8 Å². The molecule has 1 unspecified atom stereocenters. The molecule has 0 aliphatic carbocycles. The number of halogens is 1. The molecular formula is C10H14ClN5O2S. The normalized spacial score (nSPS) is 13.6. The molecule has 0 amide bonds. The highest BCUT2D eigenvalue weighted by atomic mass is 35.5. The standard InChI is InChI=1S/C10H14ClN5O2S/c1-8(6-16-5-3-4-13-16)14-19(17,18)10-9(11)15(2)7-12-10/h3-5,7-8,14H,6H2,1-2H3. The molecule has 0 saturated carbocycles. The van der Waals surface area contributed by atoms with Crippen LogP contribution in [0.25, 0.3) is 0 Å². The minimum absolute atomic E-state index is 0.0822. The quantitative estimate of drug-likeness (QED) is 0.878. The third-order valence-corrected chi connectivity index (χ3v) is 4.54. The van der Waals surface area contributed by atoms with Gasteiger partial charge in [0.2, 0.25) is 5.03 Å². The van der Waals surface area contributed by atoms with Crippen LogP contribution in [0.1, 0.15) is 6.92 Å². The van der Waals surface area contributed by atoms with Crippen LogP contribution in [0.3, 0.4) is 0 Å². The number of nitrogens with one attached hydrogen (secondary N) is 1. The largest absolute Gasteiger partial charge is 0.324 e. The SMILES string of the molecule is CC(Cn1cccn1)NS(=O)(=O)c1ncn(C)c1Cl. The molecule has 7 nitrogen and oxygen atoms in total. The van der Waals surface area contributed by atoms with Crippen LogP contribution in [0.15, 0.2) is 29.8 Å². The molecular weight excluding hydrogens is 290 g/mol. The van der Waals surface area contributed by atoms with Gasteiger partial charge in [0, 0.05) is 25.5 Å². The van der Waals surface area contributed by atoms with Crippen LogP contribution in [-0.4, -0.2) is 33.8 Å². The third-order valence-electron chi connectivity index (χ3n) is 2.47. The maximum atomic E-state index is 12.1. The lowest BCUT2D eigenvalue weighted by Gasteiger charge is -2.13. The van der Waals surface area contributed by atoms with E-state index in [9.17, 15) is 8.42 Å². The molecule has 1 N–H and O–H groups in total. The summed E-state index contributed by atoms with van der Waals surface area (Å²) in [6.45, 7) is 2.17. The molecule has 0 radical (unpaired) electrons. The maximum Gasteiger partial charge on any atom is 0.261 e. The van der Waals surface area contributed by atoms with Gasteiger partial charge in [-0.3, -0.25) is 4.68 Å². The smallest absolute Gasteiger partial charge is 0.261 e. The molecule has 2 rings (SSSR count). The zero-order valence-electron chi connectivity index (χ0n) is 10.5. The van der Waals surface area contributed by atoms with Gasteiger partial charge in [-0.2, -0.15) is 5.10 Å². The fraction of sp³-hybridized carbons (Fsp3) is 0.400. The van der Waals surface area contributed by atoms with Crippen molar-refractivity contribution in [3.05, 3.63) is 29.9 Å². The Kier molecular flexibility index (Phi) is 3.93. The predicted molar refractivity (Wildman–Crippen MR) is 70.2 cm³/mol. The molecule has 0 saturated heterocycles. The Bertz CT molecular complexity index is 650. The summed E-state index contributed by atoms with van der Waals surface area (Å²) in [6.07, 6.45) is 4.75. The van der Waals surface area contributed by atoms with E-state index in [0.29, 0.717) is 6.54 Å². The Balaban J connectivity index is 2.11. The molecule has 0 bridgehead atoms. The zero-order valence-corrected chi connectivity index (χ0v) is 12.1. The summed E-state index contributed by atoms with van der Waals surface area (Å²) < 4.78 is 29.8. The molecule has 0 aliphatic rings. The number of hydrogen-bond acceptors (Lipinski definition) is 4. The Morgan fingerprint density at radius 1 is 1.53 bits per heavy atom. The number of rotatable bonds is 5. The van der Waals surface area contributed by atoms with Gasteiger partial charge in [-0.05, 0) is 13.0 Å². The maximum absolute atomic E-state index is 12.1. The Labute approximate surface area is 116 Å². The van der Waals surface area contributed by atoms with E-state index in [1.54, 1.807) is 37.1 Å². The van der Waals surface area contributed by atoms with Gasteiger partial charge in [-0.1, -0.05) is 11.6 Å². The van der Waals surface area contributed by atoms with Crippen LogP contribution in [0.5, 0.6) is 0 Å². The van der Waals surface area contributed by atoms with E-state index in [1.165, 1.54) is 10.9 Å². The average molecular weight is 304 g/mol. The second-order valence-corrected chi connectivity index (χ2v) is 6.19. The van der Waals surface area contributed by atoms with Crippen molar-refractivity contribution in [2.45, 2.75) is 24.5 Å². The first kappa shape index (κ1) is 14.0. The van der Waals surface area contributed by atoms with Gasteiger partial charge in [-0.15, -0.1) is 0 Å². The van der Waals surface area contributed by atoms with Gasteiger partial charge in [-0.25, -0.2) is 18.1 Å². The zero-order chi connectivity index (χ0) is 14.0. The van der Waals surface area contributed by atoms with Gasteiger partial charge in [0.05, 0.1) is 12.9 Å². The van der Waals surface area contributed by atoms with Crippen molar-refractivity contribution in [2.24, 2.45) is 7.05 Å². The summed E-state index contributed by atoms with van der Waals surface area (Å²) in [5, 5.41) is 3.94. The first-order valence-corrected chi connectivity index (χ1v) is 7.43. The third kappa shape index (κ3) is 3.14. The Hall–Kier alpha value is -1.38. The summed E-state index contributed by atoms with van der Waals surface area (Å²) in [4.78, 5) is 3.80. The topological polar surface area (TPSA) is 81.8 Å².